The maximum atomic E-state index is 12.6. The van der Waals surface area contributed by atoms with E-state index < -0.39 is 11.6 Å². The average molecular weight is 228 g/mol. The summed E-state index contributed by atoms with van der Waals surface area (Å²) in [5.74, 6) is -1.12. The van der Waals surface area contributed by atoms with E-state index >= 15 is 0 Å². The highest BCUT2D eigenvalue weighted by Crippen LogP contribution is 2.16. The van der Waals surface area contributed by atoms with Gasteiger partial charge in [0.05, 0.1) is 4.47 Å². The number of rotatable bonds is 1. The molecule has 0 saturated heterocycles. The third-order valence-corrected chi connectivity index (χ3v) is 1.89. The topological polar surface area (TPSA) is 40.9 Å². The Morgan fingerprint density at radius 1 is 1.58 bits per heavy atom. The lowest BCUT2D eigenvalue weighted by Crippen LogP contribution is -1.94. The molecule has 12 heavy (non-hydrogen) atoms. The number of carbonyl (C=O) groups excluding carboxylic acids is 1. The number of hydrogen-bond donors (Lipinski definition) is 0. The molecule has 0 aliphatic rings. The molecule has 0 saturated carbocycles. The molecule has 4 heteroatoms. The summed E-state index contributed by atoms with van der Waals surface area (Å²) in [5.41, 5.74) is 0.186. The van der Waals surface area contributed by atoms with Crippen LogP contribution in [0.25, 0.3) is 0 Å². The first kappa shape index (κ1) is 8.88. The Morgan fingerprint density at radius 3 is 2.75 bits per heavy atom. The Hall–Kier alpha value is -1.21. The van der Waals surface area contributed by atoms with Gasteiger partial charge in [-0.15, -0.1) is 0 Å². The molecule has 0 bridgehead atoms. The minimum absolute atomic E-state index is 0.184. The molecule has 0 unspecified atom stereocenters. The van der Waals surface area contributed by atoms with Crippen LogP contribution in [0.2, 0.25) is 0 Å². The normalized spacial score (nSPS) is 9.08. The van der Waals surface area contributed by atoms with Crippen molar-refractivity contribution in [2.24, 2.45) is 0 Å². The number of nitrogens with zero attached hydrogens (tertiary/aromatic N) is 1. The molecule has 0 atom stereocenters. The molecule has 0 fully saturated rings. The molecule has 60 valence electrons. The monoisotopic (exact) mass is 227 g/mol. The highest BCUT2D eigenvalue weighted by molar-refractivity contribution is 9.10. The van der Waals surface area contributed by atoms with Crippen LogP contribution in [0.4, 0.5) is 4.39 Å². The Bertz CT molecular complexity index is 370. The van der Waals surface area contributed by atoms with Gasteiger partial charge in [0, 0.05) is 5.56 Å². The molecule has 1 rings (SSSR count). The van der Waals surface area contributed by atoms with Crippen molar-refractivity contribution in [2.75, 3.05) is 0 Å². The Balaban J connectivity index is 3.15. The first-order chi connectivity index (χ1) is 5.65. The minimum atomic E-state index is -0.671. The molecule has 1 aromatic carbocycles. The Labute approximate surface area is 76.7 Å². The first-order valence-corrected chi connectivity index (χ1v) is 3.84. The molecular weight excluding hydrogens is 225 g/mol. The van der Waals surface area contributed by atoms with Crippen molar-refractivity contribution in [3.8, 4) is 6.07 Å². The molecule has 0 N–H and O–H groups in total. The second-order valence-electron chi connectivity index (χ2n) is 2.07. The summed E-state index contributed by atoms with van der Waals surface area (Å²) in [7, 11) is 0. The van der Waals surface area contributed by atoms with E-state index in [2.05, 4.69) is 15.9 Å². The van der Waals surface area contributed by atoms with E-state index in [0.717, 1.165) is 6.07 Å². The number of benzene rings is 1. The van der Waals surface area contributed by atoms with Gasteiger partial charge in [-0.25, -0.2) is 4.39 Å². The summed E-state index contributed by atoms with van der Waals surface area (Å²) in [6, 6.07) is 5.13. The predicted molar refractivity (Wildman–Crippen MR) is 44.0 cm³/mol. The van der Waals surface area contributed by atoms with E-state index in [1.807, 2.05) is 0 Å². The second-order valence-corrected chi connectivity index (χ2v) is 2.92. The van der Waals surface area contributed by atoms with Gasteiger partial charge in [0.15, 0.2) is 0 Å². The Kier molecular flexibility index (Phi) is 2.56. The fourth-order valence-electron chi connectivity index (χ4n) is 0.702. The van der Waals surface area contributed by atoms with Crippen molar-refractivity contribution in [2.45, 2.75) is 0 Å². The Morgan fingerprint density at radius 2 is 2.25 bits per heavy atom. The molecule has 0 radical (unpaired) electrons. The van der Waals surface area contributed by atoms with E-state index in [0.29, 0.717) is 0 Å². The number of hydrogen-bond acceptors (Lipinski definition) is 2. The van der Waals surface area contributed by atoms with Gasteiger partial charge in [0.25, 0.3) is 5.78 Å². The minimum Gasteiger partial charge on any atom is -0.277 e. The average Bonchev–Trinajstić information content (AvgIpc) is 2.08. The van der Waals surface area contributed by atoms with E-state index in [1.54, 1.807) is 0 Å². The maximum absolute atomic E-state index is 12.6. The first-order valence-electron chi connectivity index (χ1n) is 3.04. The van der Waals surface area contributed by atoms with E-state index in [1.165, 1.54) is 18.2 Å². The third-order valence-electron chi connectivity index (χ3n) is 1.28. The molecule has 0 aliphatic heterocycles. The summed E-state index contributed by atoms with van der Waals surface area (Å²) < 4.78 is 12.8. The van der Waals surface area contributed by atoms with Crippen LogP contribution in [0.3, 0.4) is 0 Å². The van der Waals surface area contributed by atoms with Crippen LogP contribution in [0, 0.1) is 17.1 Å². The van der Waals surface area contributed by atoms with Crippen molar-refractivity contribution < 1.29 is 9.18 Å². The summed E-state index contributed by atoms with van der Waals surface area (Å²) >= 11 is 2.91. The van der Waals surface area contributed by atoms with Gasteiger partial charge in [-0.05, 0) is 34.1 Å². The second kappa shape index (κ2) is 3.46. The molecule has 0 heterocycles. The van der Waals surface area contributed by atoms with Crippen molar-refractivity contribution in [1.82, 2.24) is 0 Å². The molecule has 1 aromatic rings. The molecular formula is C8H3BrFNO. The van der Waals surface area contributed by atoms with Crippen LogP contribution in [0.15, 0.2) is 22.7 Å². The van der Waals surface area contributed by atoms with Crippen LogP contribution in [0.1, 0.15) is 10.4 Å². The van der Waals surface area contributed by atoms with Crippen LogP contribution in [-0.2, 0) is 0 Å². The SMILES string of the molecule is N#CC(=O)c1ccc(F)c(Br)c1. The molecule has 2 nitrogen and oxygen atoms in total. The van der Waals surface area contributed by atoms with E-state index in [-0.39, 0.29) is 10.0 Å². The summed E-state index contributed by atoms with van der Waals surface area (Å²) in [6.45, 7) is 0. The van der Waals surface area contributed by atoms with Gasteiger partial charge >= 0.3 is 0 Å². The lowest BCUT2D eigenvalue weighted by molar-refractivity contribution is 0.105. The third kappa shape index (κ3) is 1.69. The largest absolute Gasteiger partial charge is 0.277 e. The summed E-state index contributed by atoms with van der Waals surface area (Å²) in [4.78, 5) is 10.8. The van der Waals surface area contributed by atoms with Crippen LogP contribution < -0.4 is 0 Å². The fraction of sp³-hybridized carbons (Fsp3) is 0. The smallest absolute Gasteiger partial charge is 0.262 e. The van der Waals surface area contributed by atoms with Gasteiger partial charge in [0.2, 0.25) is 0 Å². The van der Waals surface area contributed by atoms with Crippen LogP contribution in [0.5, 0.6) is 0 Å². The maximum Gasteiger partial charge on any atom is 0.262 e. The number of halogens is 2. The van der Waals surface area contributed by atoms with Crippen molar-refractivity contribution in [3.05, 3.63) is 34.1 Å². The number of ketones is 1. The molecule has 0 aromatic heterocycles. The van der Waals surface area contributed by atoms with Crippen molar-refractivity contribution in [1.29, 1.82) is 5.26 Å². The lowest BCUT2D eigenvalue weighted by atomic mass is 10.1. The molecule has 0 spiro atoms. The lowest BCUT2D eigenvalue weighted by Gasteiger charge is -1.95. The number of nitriles is 1. The number of Topliss-reactive ketones (excluding diaryl/α,β-unsaturated/α-hetero) is 1. The van der Waals surface area contributed by atoms with Crippen LogP contribution in [-0.4, -0.2) is 5.78 Å². The van der Waals surface area contributed by atoms with E-state index in [9.17, 15) is 9.18 Å². The number of carbonyl (C=O) groups is 1. The van der Waals surface area contributed by atoms with Gasteiger partial charge in [-0.2, -0.15) is 5.26 Å². The standard InChI is InChI=1S/C8H3BrFNO/c9-6-3-5(8(12)4-11)1-2-7(6)10/h1-3H. The zero-order valence-corrected chi connectivity index (χ0v) is 7.43. The van der Waals surface area contributed by atoms with Gasteiger partial charge in [0.1, 0.15) is 11.9 Å². The molecule has 0 amide bonds. The van der Waals surface area contributed by atoms with Gasteiger partial charge in [-0.3, -0.25) is 4.79 Å². The highest BCUT2D eigenvalue weighted by Gasteiger charge is 2.06. The van der Waals surface area contributed by atoms with Gasteiger partial charge < -0.3 is 0 Å². The zero-order valence-electron chi connectivity index (χ0n) is 5.84. The molecule has 0 aliphatic carbocycles. The van der Waals surface area contributed by atoms with Crippen LogP contribution >= 0.6 is 15.9 Å². The zero-order chi connectivity index (χ0) is 9.14. The quantitative estimate of drug-likeness (QED) is 0.546. The van der Waals surface area contributed by atoms with Gasteiger partial charge in [-0.1, -0.05) is 0 Å². The summed E-state index contributed by atoms with van der Waals surface area (Å²) in [6.07, 6.45) is 0. The fourth-order valence-corrected chi connectivity index (χ4v) is 1.08. The van der Waals surface area contributed by atoms with E-state index in [4.69, 9.17) is 5.26 Å². The predicted octanol–water partition coefficient (Wildman–Crippen LogP) is 2.29. The van der Waals surface area contributed by atoms with Crippen molar-refractivity contribution >= 4 is 21.7 Å². The summed E-state index contributed by atoms with van der Waals surface area (Å²) in [5, 5.41) is 8.24. The highest BCUT2D eigenvalue weighted by atomic mass is 79.9. The van der Waals surface area contributed by atoms with Crippen molar-refractivity contribution in [3.63, 3.8) is 0 Å².